The first-order chi connectivity index (χ1) is 11.4. The molecule has 0 saturated carbocycles. The second kappa shape index (κ2) is 7.96. The van der Waals surface area contributed by atoms with Crippen LogP contribution in [0.25, 0.3) is 0 Å². The van der Waals surface area contributed by atoms with Crippen molar-refractivity contribution in [2.75, 3.05) is 17.7 Å². The Balaban J connectivity index is 2.15. The van der Waals surface area contributed by atoms with E-state index >= 15 is 0 Å². The number of thioether (sulfide) groups is 1. The summed E-state index contributed by atoms with van der Waals surface area (Å²) >= 11 is 1.15. The molecular weight excluding hydrogens is 335 g/mol. The van der Waals surface area contributed by atoms with Gasteiger partial charge in [-0.3, -0.25) is 14.5 Å². The molecule has 0 aromatic heterocycles. The zero-order valence-corrected chi connectivity index (χ0v) is 14.1. The third-order valence-corrected chi connectivity index (χ3v) is 4.28. The zero-order valence-electron chi connectivity index (χ0n) is 13.2. The molecule has 1 N–H and O–H groups in total. The lowest BCUT2D eigenvalue weighted by Gasteiger charge is -2.24. The molecule has 1 atom stereocenters. The molecule has 6 nitrogen and oxygen atoms in total. The van der Waals surface area contributed by atoms with Gasteiger partial charge in [0.1, 0.15) is 11.9 Å². The van der Waals surface area contributed by atoms with Crippen LogP contribution in [0.2, 0.25) is 0 Å². The Morgan fingerprint density at radius 1 is 1.46 bits per heavy atom. The molecule has 1 aliphatic heterocycles. The van der Waals surface area contributed by atoms with Crippen LogP contribution >= 0.6 is 11.8 Å². The molecular formula is C16H17FN2O4S. The average Bonchev–Trinajstić information content (AvgIpc) is 2.89. The van der Waals surface area contributed by atoms with Crippen molar-refractivity contribution < 1.29 is 23.5 Å². The van der Waals surface area contributed by atoms with Crippen LogP contribution in [0.5, 0.6) is 0 Å². The van der Waals surface area contributed by atoms with Gasteiger partial charge in [-0.25, -0.2) is 9.18 Å². The van der Waals surface area contributed by atoms with E-state index in [4.69, 9.17) is 4.74 Å². The summed E-state index contributed by atoms with van der Waals surface area (Å²) in [5.74, 6) is -1.87. The third kappa shape index (κ3) is 4.14. The largest absolute Gasteiger partial charge is 0.463 e. The lowest BCUT2D eigenvalue weighted by atomic mass is 10.2. The Labute approximate surface area is 143 Å². The Kier molecular flexibility index (Phi) is 5.97. The first kappa shape index (κ1) is 18.0. The summed E-state index contributed by atoms with van der Waals surface area (Å²) in [6, 6.07) is 4.86. The molecule has 2 rings (SSSR count). The molecule has 1 aliphatic rings. The van der Waals surface area contributed by atoms with Crippen LogP contribution in [-0.2, 0) is 19.1 Å². The highest BCUT2D eigenvalue weighted by Crippen LogP contribution is 2.31. The van der Waals surface area contributed by atoms with Crippen LogP contribution < -0.4 is 5.32 Å². The minimum Gasteiger partial charge on any atom is -0.463 e. The van der Waals surface area contributed by atoms with Gasteiger partial charge in [-0.2, -0.15) is 0 Å². The zero-order chi connectivity index (χ0) is 17.7. The normalized spacial score (nSPS) is 17.0. The number of benzene rings is 1. The van der Waals surface area contributed by atoms with E-state index in [1.54, 1.807) is 13.0 Å². The maximum atomic E-state index is 13.6. The van der Waals surface area contributed by atoms with Gasteiger partial charge in [0.05, 0.1) is 29.2 Å². The molecule has 1 saturated heterocycles. The standard InChI is InChI=1S/C16H17FN2O4S/c1-3-23-15(21)8-14-19(13(20)9-24-14)10(2)16(22)18-12-7-5-4-6-11(12)17/h4-8,10H,3,9H2,1-2H3,(H,18,22)/b14-8-/t10-/m1/s1. The van der Waals surface area contributed by atoms with Gasteiger partial charge in [0.2, 0.25) is 11.8 Å². The summed E-state index contributed by atoms with van der Waals surface area (Å²) in [4.78, 5) is 37.2. The molecule has 2 amide bonds. The van der Waals surface area contributed by atoms with E-state index in [1.165, 1.54) is 36.1 Å². The number of nitrogens with zero attached hydrogens (tertiary/aromatic N) is 1. The van der Waals surface area contributed by atoms with Crippen molar-refractivity contribution in [3.63, 3.8) is 0 Å². The van der Waals surface area contributed by atoms with Gasteiger partial charge in [0.25, 0.3) is 0 Å². The molecule has 128 valence electrons. The van der Waals surface area contributed by atoms with Crippen LogP contribution in [0.3, 0.4) is 0 Å². The predicted octanol–water partition coefficient (Wildman–Crippen LogP) is 2.13. The van der Waals surface area contributed by atoms with Crippen LogP contribution in [0.15, 0.2) is 35.4 Å². The fourth-order valence-corrected chi connectivity index (χ4v) is 3.11. The predicted molar refractivity (Wildman–Crippen MR) is 88.5 cm³/mol. The first-order valence-corrected chi connectivity index (χ1v) is 8.31. The highest BCUT2D eigenvalue weighted by atomic mass is 32.2. The van der Waals surface area contributed by atoms with Gasteiger partial charge in [-0.05, 0) is 26.0 Å². The van der Waals surface area contributed by atoms with Crippen LogP contribution in [0, 0.1) is 5.82 Å². The SMILES string of the molecule is CCOC(=O)/C=C1\SCC(=O)N1[C@H](C)C(=O)Nc1ccccc1F. The number of anilines is 1. The van der Waals surface area contributed by atoms with Crippen LogP contribution in [0.1, 0.15) is 13.8 Å². The maximum Gasteiger partial charge on any atom is 0.333 e. The van der Waals surface area contributed by atoms with E-state index in [-0.39, 0.29) is 24.0 Å². The summed E-state index contributed by atoms with van der Waals surface area (Å²) in [5, 5.41) is 2.79. The Morgan fingerprint density at radius 3 is 2.83 bits per heavy atom. The lowest BCUT2D eigenvalue weighted by Crippen LogP contribution is -2.42. The van der Waals surface area contributed by atoms with Crippen molar-refractivity contribution in [1.82, 2.24) is 4.90 Å². The smallest absolute Gasteiger partial charge is 0.333 e. The van der Waals surface area contributed by atoms with Crippen molar-refractivity contribution >= 4 is 35.2 Å². The molecule has 0 radical (unpaired) electrons. The molecule has 0 unspecified atom stereocenters. The van der Waals surface area contributed by atoms with Crippen molar-refractivity contribution in [2.45, 2.75) is 19.9 Å². The van der Waals surface area contributed by atoms with Crippen LogP contribution in [0.4, 0.5) is 10.1 Å². The maximum absolute atomic E-state index is 13.6. The third-order valence-electron chi connectivity index (χ3n) is 3.28. The number of amides is 2. The monoisotopic (exact) mass is 352 g/mol. The number of ether oxygens (including phenoxy) is 1. The van der Waals surface area contributed by atoms with Gasteiger partial charge in [-0.1, -0.05) is 23.9 Å². The Hall–Kier alpha value is -2.35. The Morgan fingerprint density at radius 2 is 2.17 bits per heavy atom. The molecule has 8 heteroatoms. The fraction of sp³-hybridized carbons (Fsp3) is 0.312. The summed E-state index contributed by atoms with van der Waals surface area (Å²) in [6.45, 7) is 3.40. The molecule has 1 aromatic rings. The number of para-hydroxylation sites is 1. The lowest BCUT2D eigenvalue weighted by molar-refractivity contribution is -0.137. The highest BCUT2D eigenvalue weighted by Gasteiger charge is 2.35. The number of carbonyl (C=O) groups excluding carboxylic acids is 3. The second-order valence-corrected chi connectivity index (χ2v) is 5.93. The second-order valence-electron chi connectivity index (χ2n) is 4.93. The molecule has 0 spiro atoms. The number of hydrogen-bond acceptors (Lipinski definition) is 5. The van der Waals surface area contributed by atoms with Gasteiger partial charge in [0, 0.05) is 0 Å². The van der Waals surface area contributed by atoms with Crippen LogP contribution in [-0.4, -0.2) is 41.1 Å². The Bertz CT molecular complexity index is 692. The number of nitrogens with one attached hydrogen (secondary N) is 1. The molecule has 0 bridgehead atoms. The fourth-order valence-electron chi connectivity index (χ4n) is 2.12. The summed E-state index contributed by atoms with van der Waals surface area (Å²) in [7, 11) is 0. The number of carbonyl (C=O) groups is 3. The number of rotatable bonds is 5. The first-order valence-electron chi connectivity index (χ1n) is 7.32. The van der Waals surface area contributed by atoms with E-state index in [0.29, 0.717) is 5.03 Å². The minimum absolute atomic E-state index is 0.0320. The van der Waals surface area contributed by atoms with Crippen molar-refractivity contribution in [2.24, 2.45) is 0 Å². The van der Waals surface area contributed by atoms with Gasteiger partial charge in [0.15, 0.2) is 0 Å². The summed E-state index contributed by atoms with van der Waals surface area (Å²) in [5.41, 5.74) is 0.0320. The molecule has 1 fully saturated rings. The summed E-state index contributed by atoms with van der Waals surface area (Å²) in [6.07, 6.45) is 1.19. The van der Waals surface area contributed by atoms with E-state index in [2.05, 4.69) is 5.32 Å². The molecule has 0 aliphatic carbocycles. The van der Waals surface area contributed by atoms with E-state index in [9.17, 15) is 18.8 Å². The number of esters is 1. The topological polar surface area (TPSA) is 75.7 Å². The summed E-state index contributed by atoms with van der Waals surface area (Å²) < 4.78 is 18.5. The van der Waals surface area contributed by atoms with Crippen molar-refractivity contribution in [1.29, 1.82) is 0 Å². The van der Waals surface area contributed by atoms with E-state index in [0.717, 1.165) is 11.8 Å². The van der Waals surface area contributed by atoms with E-state index < -0.39 is 23.7 Å². The van der Waals surface area contributed by atoms with E-state index in [1.807, 2.05) is 0 Å². The minimum atomic E-state index is -0.896. The number of halogens is 1. The molecule has 24 heavy (non-hydrogen) atoms. The van der Waals surface area contributed by atoms with Gasteiger partial charge >= 0.3 is 5.97 Å². The number of hydrogen-bond donors (Lipinski definition) is 1. The van der Waals surface area contributed by atoms with Gasteiger partial charge in [-0.15, -0.1) is 0 Å². The van der Waals surface area contributed by atoms with Gasteiger partial charge < -0.3 is 10.1 Å². The van der Waals surface area contributed by atoms with Crippen molar-refractivity contribution in [3.05, 3.63) is 41.2 Å². The quantitative estimate of drug-likeness (QED) is 0.649. The van der Waals surface area contributed by atoms with Crippen molar-refractivity contribution in [3.8, 4) is 0 Å². The average molecular weight is 352 g/mol. The molecule has 1 aromatic carbocycles. The highest BCUT2D eigenvalue weighted by molar-refractivity contribution is 8.04. The molecule has 1 heterocycles.